The largest absolute Gasteiger partial charge is 0.347 e. The van der Waals surface area contributed by atoms with Gasteiger partial charge in [0.1, 0.15) is 0 Å². The van der Waals surface area contributed by atoms with E-state index in [1.807, 2.05) is 39.0 Å². The molecule has 3 nitrogen and oxygen atoms in total. The molecule has 0 bridgehead atoms. The highest BCUT2D eigenvalue weighted by Gasteiger charge is 2.20. The molecular formula is C17H24N2O. The lowest BCUT2D eigenvalue weighted by atomic mass is 9.97. The van der Waals surface area contributed by atoms with Crippen LogP contribution in [0.5, 0.6) is 0 Å². The van der Waals surface area contributed by atoms with Crippen LogP contribution in [0.25, 0.3) is 0 Å². The molecule has 0 saturated heterocycles. The Labute approximate surface area is 121 Å². The van der Waals surface area contributed by atoms with Crippen molar-refractivity contribution in [1.29, 1.82) is 0 Å². The number of aryl methyl sites for hydroxylation is 1. The highest BCUT2D eigenvalue weighted by Crippen LogP contribution is 2.14. The van der Waals surface area contributed by atoms with Crippen molar-refractivity contribution in [1.82, 2.24) is 5.32 Å². The third-order valence-electron chi connectivity index (χ3n) is 3.00. The van der Waals surface area contributed by atoms with Crippen molar-refractivity contribution in [3.63, 3.8) is 0 Å². The summed E-state index contributed by atoms with van der Waals surface area (Å²) >= 11 is 0. The summed E-state index contributed by atoms with van der Waals surface area (Å²) in [5.74, 6) is 5.73. The summed E-state index contributed by atoms with van der Waals surface area (Å²) in [4.78, 5) is 12.3. The minimum absolute atomic E-state index is 0.0528. The number of amides is 1. The molecule has 1 rings (SSSR count). The van der Waals surface area contributed by atoms with Gasteiger partial charge >= 0.3 is 0 Å². The van der Waals surface area contributed by atoms with Gasteiger partial charge in [0.05, 0.1) is 6.54 Å². The summed E-state index contributed by atoms with van der Waals surface area (Å²) in [5.41, 5.74) is 7.68. The van der Waals surface area contributed by atoms with Gasteiger partial charge in [-0.15, -0.1) is 0 Å². The SMILES string of the molecule is CCCC(C)(C)NC(=O)c1cc(C)cc(C#CCN)c1. The van der Waals surface area contributed by atoms with Crippen LogP contribution in [0, 0.1) is 18.8 Å². The number of nitrogens with two attached hydrogens (primary N) is 1. The van der Waals surface area contributed by atoms with Crippen molar-refractivity contribution in [2.45, 2.75) is 46.1 Å². The van der Waals surface area contributed by atoms with Crippen LogP contribution in [0.4, 0.5) is 0 Å². The predicted molar refractivity (Wildman–Crippen MR) is 83.6 cm³/mol. The first-order valence-corrected chi connectivity index (χ1v) is 7.01. The highest BCUT2D eigenvalue weighted by molar-refractivity contribution is 5.95. The highest BCUT2D eigenvalue weighted by atomic mass is 16.1. The maximum absolute atomic E-state index is 12.3. The first-order valence-electron chi connectivity index (χ1n) is 7.01. The second-order valence-corrected chi connectivity index (χ2v) is 5.68. The van der Waals surface area contributed by atoms with E-state index in [2.05, 4.69) is 24.1 Å². The second-order valence-electron chi connectivity index (χ2n) is 5.68. The van der Waals surface area contributed by atoms with E-state index in [-0.39, 0.29) is 11.4 Å². The molecule has 1 aromatic rings. The van der Waals surface area contributed by atoms with Crippen molar-refractivity contribution in [2.75, 3.05) is 6.54 Å². The van der Waals surface area contributed by atoms with Gasteiger partial charge in [-0.3, -0.25) is 4.79 Å². The number of hydrogen-bond donors (Lipinski definition) is 2. The Balaban J connectivity index is 2.96. The Morgan fingerprint density at radius 1 is 1.35 bits per heavy atom. The lowest BCUT2D eigenvalue weighted by Crippen LogP contribution is -2.43. The molecule has 1 aromatic carbocycles. The molecule has 3 heteroatoms. The summed E-state index contributed by atoms with van der Waals surface area (Å²) in [5, 5.41) is 3.07. The van der Waals surface area contributed by atoms with Crippen molar-refractivity contribution < 1.29 is 4.79 Å². The normalized spacial score (nSPS) is 10.7. The van der Waals surface area contributed by atoms with E-state index >= 15 is 0 Å². The number of rotatable bonds is 4. The fourth-order valence-corrected chi connectivity index (χ4v) is 2.21. The molecule has 0 saturated carbocycles. The minimum Gasteiger partial charge on any atom is -0.347 e. The van der Waals surface area contributed by atoms with Crippen LogP contribution in [0.1, 0.15) is 55.1 Å². The summed E-state index contributed by atoms with van der Waals surface area (Å²) < 4.78 is 0. The fraction of sp³-hybridized carbons (Fsp3) is 0.471. The fourth-order valence-electron chi connectivity index (χ4n) is 2.21. The van der Waals surface area contributed by atoms with Gasteiger partial charge in [0, 0.05) is 16.7 Å². The Morgan fingerprint density at radius 3 is 2.65 bits per heavy atom. The quantitative estimate of drug-likeness (QED) is 0.828. The van der Waals surface area contributed by atoms with Crippen LogP contribution in [0.3, 0.4) is 0 Å². The standard InChI is InChI=1S/C17H24N2O/c1-5-8-17(3,4)19-16(20)15-11-13(2)10-14(12-15)7-6-9-18/h10-12H,5,8-9,18H2,1-4H3,(H,19,20). The molecule has 0 spiro atoms. The molecule has 0 radical (unpaired) electrons. The van der Waals surface area contributed by atoms with Gasteiger partial charge in [-0.1, -0.05) is 25.2 Å². The molecule has 0 aliphatic carbocycles. The molecule has 0 unspecified atom stereocenters. The maximum atomic E-state index is 12.3. The lowest BCUT2D eigenvalue weighted by molar-refractivity contribution is 0.0909. The van der Waals surface area contributed by atoms with Gasteiger partial charge in [-0.2, -0.15) is 0 Å². The van der Waals surface area contributed by atoms with E-state index in [0.29, 0.717) is 12.1 Å². The molecule has 20 heavy (non-hydrogen) atoms. The van der Waals surface area contributed by atoms with Crippen LogP contribution < -0.4 is 11.1 Å². The zero-order valence-electron chi connectivity index (χ0n) is 12.8. The number of hydrogen-bond acceptors (Lipinski definition) is 2. The van der Waals surface area contributed by atoms with Gasteiger partial charge in [-0.25, -0.2) is 0 Å². The summed E-state index contributed by atoms with van der Waals surface area (Å²) in [6.07, 6.45) is 1.98. The average Bonchev–Trinajstić information content (AvgIpc) is 2.35. The molecule has 0 aliphatic heterocycles. The molecule has 0 aromatic heterocycles. The van der Waals surface area contributed by atoms with Crippen molar-refractivity contribution >= 4 is 5.91 Å². The van der Waals surface area contributed by atoms with Crippen LogP contribution in [0.15, 0.2) is 18.2 Å². The third-order valence-corrected chi connectivity index (χ3v) is 3.00. The lowest BCUT2D eigenvalue weighted by Gasteiger charge is -2.25. The predicted octanol–water partition coefficient (Wildman–Crippen LogP) is 2.61. The van der Waals surface area contributed by atoms with Crippen LogP contribution in [-0.4, -0.2) is 18.0 Å². The molecular weight excluding hydrogens is 248 g/mol. The van der Waals surface area contributed by atoms with E-state index < -0.39 is 0 Å². The van der Waals surface area contributed by atoms with E-state index in [4.69, 9.17) is 5.73 Å². The number of carbonyl (C=O) groups is 1. The van der Waals surface area contributed by atoms with Crippen LogP contribution in [-0.2, 0) is 0 Å². The maximum Gasteiger partial charge on any atom is 0.251 e. The summed E-state index contributed by atoms with van der Waals surface area (Å²) in [6, 6.07) is 5.65. The molecule has 0 fully saturated rings. The first-order chi connectivity index (χ1) is 9.38. The van der Waals surface area contributed by atoms with E-state index in [1.54, 1.807) is 0 Å². The molecule has 1 amide bonds. The second kappa shape index (κ2) is 7.12. The zero-order chi connectivity index (χ0) is 15.2. The van der Waals surface area contributed by atoms with E-state index in [1.165, 1.54) is 0 Å². The Morgan fingerprint density at radius 2 is 2.05 bits per heavy atom. The molecule has 3 N–H and O–H groups in total. The van der Waals surface area contributed by atoms with Crippen molar-refractivity contribution in [2.24, 2.45) is 5.73 Å². The Hall–Kier alpha value is -1.79. The third kappa shape index (κ3) is 5.07. The molecule has 108 valence electrons. The van der Waals surface area contributed by atoms with Crippen molar-refractivity contribution in [3.8, 4) is 11.8 Å². The topological polar surface area (TPSA) is 55.1 Å². The average molecular weight is 272 g/mol. The smallest absolute Gasteiger partial charge is 0.251 e. The Bertz CT molecular complexity index is 536. The summed E-state index contributed by atoms with van der Waals surface area (Å²) in [6.45, 7) is 8.47. The van der Waals surface area contributed by atoms with Crippen LogP contribution in [0.2, 0.25) is 0 Å². The number of carbonyl (C=O) groups excluding carboxylic acids is 1. The monoisotopic (exact) mass is 272 g/mol. The van der Waals surface area contributed by atoms with Gasteiger partial charge in [0.15, 0.2) is 0 Å². The van der Waals surface area contributed by atoms with E-state index in [9.17, 15) is 4.79 Å². The summed E-state index contributed by atoms with van der Waals surface area (Å²) in [7, 11) is 0. The van der Waals surface area contributed by atoms with Crippen molar-refractivity contribution in [3.05, 3.63) is 34.9 Å². The van der Waals surface area contributed by atoms with Crippen LogP contribution >= 0.6 is 0 Å². The Kier molecular flexibility index (Phi) is 5.79. The number of benzene rings is 1. The molecule has 0 atom stereocenters. The van der Waals surface area contributed by atoms with Gasteiger partial charge in [0.25, 0.3) is 5.91 Å². The minimum atomic E-state index is -0.196. The van der Waals surface area contributed by atoms with Gasteiger partial charge in [0.2, 0.25) is 0 Å². The zero-order valence-corrected chi connectivity index (χ0v) is 12.8. The first kappa shape index (κ1) is 16.3. The molecule has 0 heterocycles. The van der Waals surface area contributed by atoms with Gasteiger partial charge in [-0.05, 0) is 51.0 Å². The number of nitrogens with one attached hydrogen (secondary N) is 1. The molecule has 0 aliphatic rings. The van der Waals surface area contributed by atoms with Gasteiger partial charge < -0.3 is 11.1 Å². The van der Waals surface area contributed by atoms with E-state index in [0.717, 1.165) is 24.0 Å².